The number of esters is 1. The molecule has 0 aromatic heterocycles. The number of benzene rings is 2. The van der Waals surface area contributed by atoms with Crippen molar-refractivity contribution < 1.29 is 18.7 Å². The first-order chi connectivity index (χ1) is 15.5. The van der Waals surface area contributed by atoms with Crippen molar-refractivity contribution in [2.24, 2.45) is 0 Å². The van der Waals surface area contributed by atoms with E-state index >= 15 is 0 Å². The lowest BCUT2D eigenvalue weighted by molar-refractivity contribution is -0.136. The molecule has 0 spiro atoms. The molecule has 0 radical (unpaired) electrons. The van der Waals surface area contributed by atoms with Gasteiger partial charge in [-0.1, -0.05) is 35.9 Å². The highest BCUT2D eigenvalue weighted by Gasteiger charge is 2.34. The van der Waals surface area contributed by atoms with E-state index in [4.69, 9.17) is 16.3 Å². The van der Waals surface area contributed by atoms with Gasteiger partial charge in [-0.25, -0.2) is 14.0 Å². The predicted molar refractivity (Wildman–Crippen MR) is 120 cm³/mol. The second-order valence-electron chi connectivity index (χ2n) is 7.68. The van der Waals surface area contributed by atoms with Gasteiger partial charge in [0, 0.05) is 38.4 Å². The minimum Gasteiger partial charge on any atom is -0.466 e. The number of urea groups is 1. The summed E-state index contributed by atoms with van der Waals surface area (Å²) in [6.07, 6.45) is 0. The standard InChI is InChI=1S/C23H24ClFN4O3/c1-32-22(30)20-18(26-23(31)27-21(20)15-5-4-6-16(25)13-15)14-28-9-11-29(12-10-28)19-8-3-2-7-17(19)24/h2-8,13,21H,9-12,14H2,1H3,(H2,26,27,31). The molecule has 2 amide bonds. The fourth-order valence-electron chi connectivity index (χ4n) is 4.11. The molecule has 1 saturated heterocycles. The van der Waals surface area contributed by atoms with Crippen LogP contribution in [0.1, 0.15) is 11.6 Å². The molecule has 32 heavy (non-hydrogen) atoms. The first-order valence-corrected chi connectivity index (χ1v) is 10.7. The molecule has 0 saturated carbocycles. The van der Waals surface area contributed by atoms with E-state index in [1.165, 1.54) is 19.2 Å². The van der Waals surface area contributed by atoms with Crippen LogP contribution >= 0.6 is 11.6 Å². The van der Waals surface area contributed by atoms with Crippen molar-refractivity contribution >= 4 is 29.3 Å². The van der Waals surface area contributed by atoms with Crippen molar-refractivity contribution in [3.8, 4) is 0 Å². The van der Waals surface area contributed by atoms with Gasteiger partial charge in [-0.15, -0.1) is 0 Å². The molecule has 1 unspecified atom stereocenters. The smallest absolute Gasteiger partial charge is 0.338 e. The first kappa shape index (κ1) is 22.1. The molecule has 2 aliphatic rings. The van der Waals surface area contributed by atoms with Gasteiger partial charge in [0.2, 0.25) is 0 Å². The van der Waals surface area contributed by atoms with Gasteiger partial charge in [0.05, 0.1) is 29.4 Å². The van der Waals surface area contributed by atoms with Crippen LogP contribution in [-0.2, 0) is 9.53 Å². The van der Waals surface area contributed by atoms with Gasteiger partial charge in [-0.3, -0.25) is 4.90 Å². The van der Waals surface area contributed by atoms with E-state index in [-0.39, 0.29) is 5.57 Å². The number of piperazine rings is 1. The fraction of sp³-hybridized carbons (Fsp3) is 0.304. The van der Waals surface area contributed by atoms with Crippen molar-refractivity contribution in [2.75, 3.05) is 44.7 Å². The predicted octanol–water partition coefficient (Wildman–Crippen LogP) is 3.08. The van der Waals surface area contributed by atoms with Gasteiger partial charge >= 0.3 is 12.0 Å². The maximum atomic E-state index is 13.8. The van der Waals surface area contributed by atoms with E-state index in [0.29, 0.717) is 22.8 Å². The Hall–Kier alpha value is -3.10. The number of anilines is 1. The molecule has 2 aliphatic heterocycles. The van der Waals surface area contributed by atoms with Gasteiger partial charge in [0.15, 0.2) is 0 Å². The van der Waals surface area contributed by atoms with Crippen LogP contribution in [-0.4, -0.2) is 56.7 Å². The van der Waals surface area contributed by atoms with E-state index < -0.39 is 23.9 Å². The first-order valence-electron chi connectivity index (χ1n) is 10.3. The molecule has 2 heterocycles. The van der Waals surface area contributed by atoms with Crippen LogP contribution in [0.5, 0.6) is 0 Å². The average Bonchev–Trinajstić information content (AvgIpc) is 2.79. The summed E-state index contributed by atoms with van der Waals surface area (Å²) in [6, 6.07) is 12.3. The minimum atomic E-state index is -0.800. The maximum Gasteiger partial charge on any atom is 0.338 e. The third kappa shape index (κ3) is 4.71. The summed E-state index contributed by atoms with van der Waals surface area (Å²) in [7, 11) is 1.29. The Morgan fingerprint density at radius 1 is 1.16 bits per heavy atom. The number of rotatable bonds is 5. The van der Waals surface area contributed by atoms with Crippen LogP contribution < -0.4 is 15.5 Å². The number of para-hydroxylation sites is 1. The molecular formula is C23H24ClFN4O3. The number of ether oxygens (including phenoxy) is 1. The minimum absolute atomic E-state index is 0.270. The van der Waals surface area contributed by atoms with E-state index in [9.17, 15) is 14.0 Å². The van der Waals surface area contributed by atoms with Crippen LogP contribution in [0.4, 0.5) is 14.9 Å². The molecule has 9 heteroatoms. The lowest BCUT2D eigenvalue weighted by Crippen LogP contribution is -2.51. The Morgan fingerprint density at radius 2 is 1.91 bits per heavy atom. The van der Waals surface area contributed by atoms with Crippen LogP contribution in [0.15, 0.2) is 59.8 Å². The fourth-order valence-corrected chi connectivity index (χ4v) is 4.36. The summed E-state index contributed by atoms with van der Waals surface area (Å²) < 4.78 is 18.8. The van der Waals surface area contributed by atoms with Crippen molar-refractivity contribution in [3.05, 3.63) is 76.2 Å². The summed E-state index contributed by atoms with van der Waals surface area (Å²) in [5, 5.41) is 6.17. The van der Waals surface area contributed by atoms with E-state index in [2.05, 4.69) is 20.4 Å². The number of nitrogens with zero attached hydrogens (tertiary/aromatic N) is 2. The number of methoxy groups -OCH3 is 1. The zero-order valence-corrected chi connectivity index (χ0v) is 18.4. The largest absolute Gasteiger partial charge is 0.466 e. The highest BCUT2D eigenvalue weighted by molar-refractivity contribution is 6.33. The highest BCUT2D eigenvalue weighted by atomic mass is 35.5. The van der Waals surface area contributed by atoms with Crippen LogP contribution in [0, 0.1) is 5.82 Å². The van der Waals surface area contributed by atoms with E-state index in [1.54, 1.807) is 12.1 Å². The number of nitrogens with one attached hydrogen (secondary N) is 2. The third-order valence-corrected chi connectivity index (χ3v) is 6.01. The topological polar surface area (TPSA) is 73.9 Å². The van der Waals surface area contributed by atoms with Crippen LogP contribution in [0.2, 0.25) is 5.02 Å². The Bertz CT molecular complexity index is 1050. The van der Waals surface area contributed by atoms with Crippen molar-refractivity contribution in [1.29, 1.82) is 0 Å². The molecule has 2 aromatic rings. The van der Waals surface area contributed by atoms with Gasteiger partial charge < -0.3 is 20.3 Å². The summed E-state index contributed by atoms with van der Waals surface area (Å²) in [4.78, 5) is 29.4. The SMILES string of the molecule is COC(=O)C1=C(CN2CCN(c3ccccc3Cl)CC2)NC(=O)NC1c1cccc(F)c1. The zero-order valence-electron chi connectivity index (χ0n) is 17.6. The van der Waals surface area contributed by atoms with Crippen molar-refractivity contribution in [2.45, 2.75) is 6.04 Å². The number of halogens is 2. The Morgan fingerprint density at radius 3 is 2.59 bits per heavy atom. The molecular weight excluding hydrogens is 435 g/mol. The van der Waals surface area contributed by atoms with E-state index in [0.717, 1.165) is 31.9 Å². The van der Waals surface area contributed by atoms with Gasteiger partial charge in [0.25, 0.3) is 0 Å². The lowest BCUT2D eigenvalue weighted by atomic mass is 9.95. The van der Waals surface area contributed by atoms with Crippen molar-refractivity contribution in [1.82, 2.24) is 15.5 Å². The number of carbonyl (C=O) groups excluding carboxylic acids is 2. The second kappa shape index (κ2) is 9.58. The average molecular weight is 459 g/mol. The number of hydrogen-bond acceptors (Lipinski definition) is 5. The summed E-state index contributed by atoms with van der Waals surface area (Å²) in [6.45, 7) is 3.31. The quantitative estimate of drug-likeness (QED) is 0.674. The van der Waals surface area contributed by atoms with Crippen LogP contribution in [0.25, 0.3) is 0 Å². The molecule has 168 valence electrons. The Labute approximate surface area is 190 Å². The molecule has 7 nitrogen and oxygen atoms in total. The maximum absolute atomic E-state index is 13.8. The van der Waals surface area contributed by atoms with E-state index in [1.807, 2.05) is 24.3 Å². The summed E-state index contributed by atoms with van der Waals surface area (Å²) in [5.41, 5.74) is 2.19. The number of carbonyl (C=O) groups is 2. The van der Waals surface area contributed by atoms with Gasteiger partial charge in [0.1, 0.15) is 5.82 Å². The summed E-state index contributed by atoms with van der Waals surface area (Å²) in [5.74, 6) is -1.02. The molecule has 4 rings (SSSR count). The Balaban J connectivity index is 1.55. The monoisotopic (exact) mass is 458 g/mol. The molecule has 1 atom stereocenters. The van der Waals surface area contributed by atoms with Gasteiger partial charge in [-0.2, -0.15) is 0 Å². The normalized spacial score (nSPS) is 19.4. The second-order valence-corrected chi connectivity index (χ2v) is 8.09. The summed E-state index contributed by atoms with van der Waals surface area (Å²) >= 11 is 6.33. The molecule has 0 bridgehead atoms. The highest BCUT2D eigenvalue weighted by Crippen LogP contribution is 2.29. The van der Waals surface area contributed by atoms with Crippen LogP contribution in [0.3, 0.4) is 0 Å². The number of hydrogen-bond donors (Lipinski definition) is 2. The van der Waals surface area contributed by atoms with Crippen molar-refractivity contribution in [3.63, 3.8) is 0 Å². The molecule has 1 fully saturated rings. The molecule has 2 N–H and O–H groups in total. The Kier molecular flexibility index (Phi) is 6.62. The molecule has 2 aromatic carbocycles. The lowest BCUT2D eigenvalue weighted by Gasteiger charge is -2.38. The molecule has 0 aliphatic carbocycles. The van der Waals surface area contributed by atoms with Gasteiger partial charge in [-0.05, 0) is 29.8 Å². The third-order valence-electron chi connectivity index (χ3n) is 5.69. The number of amides is 2. The zero-order chi connectivity index (χ0) is 22.7.